The van der Waals surface area contributed by atoms with Crippen molar-refractivity contribution in [2.45, 2.75) is 38.3 Å². The maximum absolute atomic E-state index is 5.75. The molecule has 13 heavy (non-hydrogen) atoms. The van der Waals surface area contributed by atoms with Crippen LogP contribution >= 0.6 is 11.8 Å². The molecule has 0 amide bonds. The number of thioether (sulfide) groups is 1. The highest BCUT2D eigenvalue weighted by Gasteiger charge is 2.06. The summed E-state index contributed by atoms with van der Waals surface area (Å²) in [5.74, 6) is 2.79. The van der Waals surface area contributed by atoms with Gasteiger partial charge < -0.3 is 10.3 Å². The van der Waals surface area contributed by atoms with Gasteiger partial charge in [-0.1, -0.05) is 13.8 Å². The molecule has 0 atom stereocenters. The van der Waals surface area contributed by atoms with Crippen molar-refractivity contribution in [3.63, 3.8) is 0 Å². The zero-order chi connectivity index (χ0) is 9.84. The Morgan fingerprint density at radius 3 is 2.85 bits per heavy atom. The van der Waals surface area contributed by atoms with E-state index >= 15 is 0 Å². The molecule has 1 aromatic heterocycles. The molecule has 1 rings (SSSR count). The molecule has 74 valence electrons. The number of nitrogens with zero attached hydrogens (tertiary/aromatic N) is 2. The second-order valence-corrected chi connectivity index (χ2v) is 4.77. The second kappa shape index (κ2) is 4.56. The third kappa shape index (κ3) is 2.66. The van der Waals surface area contributed by atoms with Gasteiger partial charge in [-0.15, -0.1) is 0 Å². The predicted molar refractivity (Wildman–Crippen MR) is 58.7 cm³/mol. The predicted octanol–water partition coefficient (Wildman–Crippen LogP) is 2.13. The van der Waals surface area contributed by atoms with E-state index in [0.29, 0.717) is 5.25 Å². The van der Waals surface area contributed by atoms with E-state index in [1.807, 2.05) is 11.8 Å². The molecule has 0 bridgehead atoms. The van der Waals surface area contributed by atoms with Crippen molar-refractivity contribution in [1.29, 1.82) is 0 Å². The summed E-state index contributed by atoms with van der Waals surface area (Å²) in [5.41, 5.74) is 5.75. The maximum atomic E-state index is 5.75. The van der Waals surface area contributed by atoms with Crippen LogP contribution < -0.4 is 5.73 Å². The standard InChI is InChI=1S/C9H17N3S/c1-4-12-8(10)5-11-9(12)6-13-7(2)3/h5,7H,4,6,10H2,1-3H3. The largest absolute Gasteiger partial charge is 0.384 e. The highest BCUT2D eigenvalue weighted by molar-refractivity contribution is 7.99. The van der Waals surface area contributed by atoms with Gasteiger partial charge >= 0.3 is 0 Å². The van der Waals surface area contributed by atoms with Crippen LogP contribution in [0, 0.1) is 0 Å². The molecule has 0 saturated heterocycles. The maximum Gasteiger partial charge on any atom is 0.123 e. The van der Waals surface area contributed by atoms with Crippen LogP contribution in [0.1, 0.15) is 26.6 Å². The minimum atomic E-state index is 0.642. The first-order valence-electron chi connectivity index (χ1n) is 4.56. The van der Waals surface area contributed by atoms with E-state index in [2.05, 4.69) is 30.3 Å². The molecule has 0 saturated carbocycles. The van der Waals surface area contributed by atoms with Gasteiger partial charge in [-0.25, -0.2) is 4.98 Å². The van der Waals surface area contributed by atoms with Crippen molar-refractivity contribution < 1.29 is 0 Å². The topological polar surface area (TPSA) is 43.8 Å². The lowest BCUT2D eigenvalue weighted by atomic mass is 10.6. The fraction of sp³-hybridized carbons (Fsp3) is 0.667. The minimum Gasteiger partial charge on any atom is -0.384 e. The van der Waals surface area contributed by atoms with Crippen LogP contribution in [0.15, 0.2) is 6.20 Å². The van der Waals surface area contributed by atoms with Gasteiger partial charge in [-0.2, -0.15) is 11.8 Å². The lowest BCUT2D eigenvalue weighted by Crippen LogP contribution is -2.05. The van der Waals surface area contributed by atoms with E-state index in [9.17, 15) is 0 Å². The SMILES string of the molecule is CCn1c(N)cnc1CSC(C)C. The van der Waals surface area contributed by atoms with Crippen molar-refractivity contribution in [2.24, 2.45) is 0 Å². The van der Waals surface area contributed by atoms with Crippen molar-refractivity contribution in [1.82, 2.24) is 9.55 Å². The molecule has 0 aromatic carbocycles. The lowest BCUT2D eigenvalue weighted by Gasteiger charge is -2.07. The Kier molecular flexibility index (Phi) is 3.66. The molecule has 0 unspecified atom stereocenters. The molecular formula is C9H17N3S. The van der Waals surface area contributed by atoms with E-state index < -0.39 is 0 Å². The molecule has 4 heteroatoms. The number of imidazole rings is 1. The smallest absolute Gasteiger partial charge is 0.123 e. The van der Waals surface area contributed by atoms with E-state index in [-0.39, 0.29) is 0 Å². The molecule has 2 N–H and O–H groups in total. The molecular weight excluding hydrogens is 182 g/mol. The van der Waals surface area contributed by atoms with Gasteiger partial charge in [0.1, 0.15) is 11.6 Å². The van der Waals surface area contributed by atoms with Gasteiger partial charge in [0, 0.05) is 6.54 Å². The average molecular weight is 199 g/mol. The molecule has 0 spiro atoms. The summed E-state index contributed by atoms with van der Waals surface area (Å²) in [6, 6.07) is 0. The van der Waals surface area contributed by atoms with Crippen molar-refractivity contribution in [2.75, 3.05) is 5.73 Å². The average Bonchev–Trinajstić information content (AvgIpc) is 2.42. The first-order chi connectivity index (χ1) is 6.15. The normalized spacial score (nSPS) is 11.1. The van der Waals surface area contributed by atoms with Crippen LogP contribution in [-0.2, 0) is 12.3 Å². The number of aromatic nitrogens is 2. The van der Waals surface area contributed by atoms with E-state index in [4.69, 9.17) is 5.73 Å². The van der Waals surface area contributed by atoms with E-state index in [1.165, 1.54) is 0 Å². The summed E-state index contributed by atoms with van der Waals surface area (Å²) >= 11 is 1.89. The third-order valence-electron chi connectivity index (χ3n) is 1.83. The number of rotatable bonds is 4. The highest BCUT2D eigenvalue weighted by Crippen LogP contribution is 2.18. The van der Waals surface area contributed by atoms with Crippen LogP contribution in [0.4, 0.5) is 5.82 Å². The van der Waals surface area contributed by atoms with Crippen LogP contribution in [0.2, 0.25) is 0 Å². The van der Waals surface area contributed by atoms with Crippen LogP contribution in [0.25, 0.3) is 0 Å². The summed E-state index contributed by atoms with van der Waals surface area (Å²) in [4.78, 5) is 4.28. The summed E-state index contributed by atoms with van der Waals surface area (Å²) in [6.45, 7) is 7.36. The Hall–Kier alpha value is -0.640. The number of nitrogen functional groups attached to an aromatic ring is 1. The lowest BCUT2D eigenvalue weighted by molar-refractivity contribution is 0.734. The minimum absolute atomic E-state index is 0.642. The Morgan fingerprint density at radius 2 is 2.31 bits per heavy atom. The van der Waals surface area contributed by atoms with E-state index in [1.54, 1.807) is 6.20 Å². The number of nitrogens with two attached hydrogens (primary N) is 1. The van der Waals surface area contributed by atoms with Gasteiger partial charge in [-0.3, -0.25) is 0 Å². The summed E-state index contributed by atoms with van der Waals surface area (Å²) in [5, 5.41) is 0.642. The van der Waals surface area contributed by atoms with Gasteiger partial charge in [-0.05, 0) is 12.2 Å². The molecule has 1 heterocycles. The monoisotopic (exact) mass is 199 g/mol. The molecule has 0 aliphatic heterocycles. The van der Waals surface area contributed by atoms with Crippen molar-refractivity contribution >= 4 is 17.6 Å². The summed E-state index contributed by atoms with van der Waals surface area (Å²) in [6.07, 6.45) is 1.74. The number of hydrogen-bond acceptors (Lipinski definition) is 3. The van der Waals surface area contributed by atoms with Gasteiger partial charge in [0.15, 0.2) is 0 Å². The third-order valence-corrected chi connectivity index (χ3v) is 2.92. The highest BCUT2D eigenvalue weighted by atomic mass is 32.2. The molecule has 3 nitrogen and oxygen atoms in total. The summed E-state index contributed by atoms with van der Waals surface area (Å²) < 4.78 is 2.05. The Labute approximate surface area is 83.7 Å². The van der Waals surface area contributed by atoms with Gasteiger partial charge in [0.2, 0.25) is 0 Å². The first-order valence-corrected chi connectivity index (χ1v) is 5.61. The molecule has 0 aliphatic carbocycles. The zero-order valence-electron chi connectivity index (χ0n) is 8.45. The fourth-order valence-electron chi connectivity index (χ4n) is 1.15. The van der Waals surface area contributed by atoms with Gasteiger partial charge in [0.25, 0.3) is 0 Å². The molecule has 0 radical (unpaired) electrons. The Balaban J connectivity index is 2.65. The van der Waals surface area contributed by atoms with Crippen LogP contribution in [-0.4, -0.2) is 14.8 Å². The number of anilines is 1. The Bertz CT molecular complexity index is 268. The quantitative estimate of drug-likeness (QED) is 0.808. The fourth-order valence-corrected chi connectivity index (χ4v) is 1.86. The Morgan fingerprint density at radius 1 is 1.62 bits per heavy atom. The summed E-state index contributed by atoms with van der Waals surface area (Å²) in [7, 11) is 0. The number of hydrogen-bond donors (Lipinski definition) is 1. The zero-order valence-corrected chi connectivity index (χ0v) is 9.27. The first kappa shape index (κ1) is 10.4. The molecule has 0 fully saturated rings. The van der Waals surface area contributed by atoms with E-state index in [0.717, 1.165) is 23.9 Å². The van der Waals surface area contributed by atoms with Gasteiger partial charge in [0.05, 0.1) is 11.9 Å². The van der Waals surface area contributed by atoms with Crippen LogP contribution in [0.3, 0.4) is 0 Å². The molecule has 0 aliphatic rings. The van der Waals surface area contributed by atoms with Crippen molar-refractivity contribution in [3.8, 4) is 0 Å². The molecule has 1 aromatic rings. The second-order valence-electron chi connectivity index (χ2n) is 3.20. The van der Waals surface area contributed by atoms with Crippen molar-refractivity contribution in [3.05, 3.63) is 12.0 Å². The van der Waals surface area contributed by atoms with Crippen LogP contribution in [0.5, 0.6) is 0 Å².